The normalized spacial score (nSPS) is 31.7. The van der Waals surface area contributed by atoms with E-state index in [9.17, 15) is 23.4 Å². The molecule has 3 aromatic rings. The van der Waals surface area contributed by atoms with Crippen LogP contribution in [0.3, 0.4) is 0 Å². The van der Waals surface area contributed by atoms with Crippen LogP contribution in [-0.2, 0) is 21.9 Å². The van der Waals surface area contributed by atoms with Gasteiger partial charge in [-0.3, -0.25) is 0 Å². The van der Waals surface area contributed by atoms with Crippen molar-refractivity contribution in [3.05, 3.63) is 83.9 Å². The van der Waals surface area contributed by atoms with Gasteiger partial charge in [0.2, 0.25) is 10.0 Å². The number of urea groups is 1. The predicted octanol–water partition coefficient (Wildman–Crippen LogP) is 3.76. The Kier molecular flexibility index (Phi) is 5.74. The van der Waals surface area contributed by atoms with E-state index in [1.54, 1.807) is 48.5 Å². The molecule has 41 heavy (non-hydrogen) atoms. The number of nitrogens with one attached hydrogen (secondary N) is 2. The number of aromatic hydroxyl groups is 1. The molecule has 3 aliphatic carbocycles. The van der Waals surface area contributed by atoms with E-state index in [1.165, 1.54) is 11.4 Å². The largest absolute Gasteiger partial charge is 0.504 e. The molecule has 3 aromatic carbocycles. The molecular formula is C31H33N3O6S. The first-order valence-electron chi connectivity index (χ1n) is 13.9. The minimum atomic E-state index is -3.86. The van der Waals surface area contributed by atoms with E-state index in [4.69, 9.17) is 4.74 Å². The van der Waals surface area contributed by atoms with Crippen molar-refractivity contribution in [3.63, 3.8) is 0 Å². The number of hydrogen-bond donors (Lipinski definition) is 4. The Labute approximate surface area is 239 Å². The highest BCUT2D eigenvalue weighted by Crippen LogP contribution is 2.73. The van der Waals surface area contributed by atoms with E-state index < -0.39 is 32.5 Å². The summed E-state index contributed by atoms with van der Waals surface area (Å²) in [5.41, 5.74) is -0.732. The number of benzene rings is 3. The summed E-state index contributed by atoms with van der Waals surface area (Å²) in [6.45, 7) is 0.289. The average Bonchev–Trinajstić information content (AvgIpc) is 3.07. The van der Waals surface area contributed by atoms with Crippen molar-refractivity contribution in [2.24, 2.45) is 5.41 Å². The van der Waals surface area contributed by atoms with E-state index in [0.29, 0.717) is 42.7 Å². The summed E-state index contributed by atoms with van der Waals surface area (Å²) in [6, 6.07) is 19.8. The highest BCUT2D eigenvalue weighted by molar-refractivity contribution is 7.89. The molecule has 7 rings (SSSR count). The Morgan fingerprint density at radius 2 is 1.76 bits per heavy atom. The molecule has 0 radical (unpaired) electrons. The summed E-state index contributed by atoms with van der Waals surface area (Å²) in [5, 5.41) is 30.2. The van der Waals surface area contributed by atoms with Gasteiger partial charge in [-0.05, 0) is 68.0 Å². The molecule has 4 N–H and O–H groups in total. The zero-order valence-corrected chi connectivity index (χ0v) is 23.5. The first kappa shape index (κ1) is 26.3. The van der Waals surface area contributed by atoms with E-state index in [2.05, 4.69) is 10.6 Å². The number of ether oxygens (including phenoxy) is 1. The highest BCUT2D eigenvalue weighted by atomic mass is 32.2. The number of fused-ring (bicyclic) bond motifs is 2. The SMILES string of the molecule is COc1ccc2c(c1O)[C@@]13C[C@H](NC(=O)Nc4ccccc4)CC[C@@]1(O)[C@@H]1N(S(=O)(=O)c4ccccc4)CC1(C2)C3. The maximum absolute atomic E-state index is 13.9. The highest BCUT2D eigenvalue weighted by Gasteiger charge is 2.80. The number of para-hydroxylation sites is 1. The van der Waals surface area contributed by atoms with Crippen LogP contribution in [-0.4, -0.2) is 60.3 Å². The Morgan fingerprint density at radius 3 is 2.46 bits per heavy atom. The quantitative estimate of drug-likeness (QED) is 0.367. The number of carbonyl (C=O) groups is 1. The summed E-state index contributed by atoms with van der Waals surface area (Å²) >= 11 is 0. The molecule has 2 bridgehead atoms. The summed E-state index contributed by atoms with van der Waals surface area (Å²) in [6.07, 6.45) is 2.14. The molecule has 2 amide bonds. The molecule has 3 fully saturated rings. The fraction of sp³-hybridized carbons (Fsp3) is 0.387. The molecule has 214 valence electrons. The van der Waals surface area contributed by atoms with Crippen molar-refractivity contribution in [2.45, 2.75) is 60.1 Å². The maximum atomic E-state index is 13.9. The van der Waals surface area contributed by atoms with Crippen molar-refractivity contribution in [1.29, 1.82) is 0 Å². The molecule has 10 heteroatoms. The van der Waals surface area contributed by atoms with Crippen LogP contribution in [0.4, 0.5) is 10.5 Å². The average molecular weight is 576 g/mol. The third-order valence-corrected chi connectivity index (χ3v) is 11.8. The number of nitrogens with zero attached hydrogens (tertiary/aromatic N) is 1. The second-order valence-electron chi connectivity index (χ2n) is 12.0. The molecule has 0 aromatic heterocycles. The minimum absolute atomic E-state index is 0.0218. The van der Waals surface area contributed by atoms with Crippen molar-refractivity contribution >= 4 is 21.7 Å². The molecule has 1 saturated heterocycles. The minimum Gasteiger partial charge on any atom is -0.504 e. The van der Waals surface area contributed by atoms with Crippen LogP contribution >= 0.6 is 0 Å². The lowest BCUT2D eigenvalue weighted by atomic mass is 9.57. The number of phenols is 1. The van der Waals surface area contributed by atoms with Crippen LogP contribution in [0.2, 0.25) is 0 Å². The van der Waals surface area contributed by atoms with Gasteiger partial charge in [-0.2, -0.15) is 4.31 Å². The predicted molar refractivity (Wildman–Crippen MR) is 152 cm³/mol. The zero-order valence-electron chi connectivity index (χ0n) is 22.7. The number of carbonyl (C=O) groups excluding carboxylic acids is 1. The standard InChI is InChI=1S/C31H33N3O6S/c1-40-24-13-12-20-16-29-18-30(25(20)26(24)35)17-22(33-28(36)32-21-8-4-2-5-9-21)14-15-31(30,37)27(29)34(19-29)41(38,39)23-10-6-3-7-11-23/h2-13,22,27,35,37H,14-19H2,1H3,(H2,32,33,36)/t22-,27-,29?,30+,31-/m1/s1. The third-order valence-electron chi connectivity index (χ3n) is 9.93. The lowest BCUT2D eigenvalue weighted by Crippen LogP contribution is -2.72. The van der Waals surface area contributed by atoms with Crippen LogP contribution in [0.15, 0.2) is 77.7 Å². The topological polar surface area (TPSA) is 128 Å². The molecule has 1 heterocycles. The van der Waals surface area contributed by atoms with Crippen molar-refractivity contribution in [3.8, 4) is 11.5 Å². The van der Waals surface area contributed by atoms with Gasteiger partial charge in [0.15, 0.2) is 11.5 Å². The van der Waals surface area contributed by atoms with Crippen LogP contribution < -0.4 is 15.4 Å². The van der Waals surface area contributed by atoms with Crippen molar-refractivity contribution in [1.82, 2.24) is 9.62 Å². The molecule has 1 unspecified atom stereocenters. The Bertz CT molecular complexity index is 1630. The number of sulfonamides is 1. The van der Waals surface area contributed by atoms with E-state index in [-0.39, 0.29) is 35.7 Å². The first-order chi connectivity index (χ1) is 19.6. The van der Waals surface area contributed by atoms with Gasteiger partial charge in [0, 0.05) is 34.7 Å². The zero-order chi connectivity index (χ0) is 28.6. The third kappa shape index (κ3) is 3.60. The van der Waals surface area contributed by atoms with Gasteiger partial charge in [0.05, 0.1) is 23.6 Å². The Hall–Kier alpha value is -3.60. The summed E-state index contributed by atoms with van der Waals surface area (Å²) < 4.78 is 34.7. The van der Waals surface area contributed by atoms with Gasteiger partial charge in [-0.25, -0.2) is 13.2 Å². The van der Waals surface area contributed by atoms with Gasteiger partial charge >= 0.3 is 6.03 Å². The fourth-order valence-electron chi connectivity index (χ4n) is 8.55. The Balaban J connectivity index is 1.29. The molecule has 4 aliphatic rings. The van der Waals surface area contributed by atoms with Crippen LogP contribution in [0.5, 0.6) is 11.5 Å². The van der Waals surface area contributed by atoms with Crippen LogP contribution in [0, 0.1) is 5.41 Å². The van der Waals surface area contributed by atoms with Crippen LogP contribution in [0.1, 0.15) is 36.8 Å². The lowest BCUT2D eigenvalue weighted by molar-refractivity contribution is -0.125. The first-order valence-corrected chi connectivity index (χ1v) is 15.4. The van der Waals surface area contributed by atoms with Gasteiger partial charge in [-0.1, -0.05) is 42.5 Å². The fourth-order valence-corrected chi connectivity index (χ4v) is 10.4. The number of hydrogen-bond acceptors (Lipinski definition) is 6. The van der Waals surface area contributed by atoms with Crippen molar-refractivity contribution in [2.75, 3.05) is 19.0 Å². The van der Waals surface area contributed by atoms with Crippen molar-refractivity contribution < 1.29 is 28.2 Å². The molecule has 2 spiro atoms. The molecule has 1 aliphatic heterocycles. The van der Waals surface area contributed by atoms with E-state index in [0.717, 1.165) is 5.56 Å². The number of phenolic OH excluding ortho intramolecular Hbond substituents is 1. The second kappa shape index (κ2) is 8.95. The number of anilines is 1. The van der Waals surface area contributed by atoms with Gasteiger partial charge in [-0.15, -0.1) is 0 Å². The second-order valence-corrected chi connectivity index (χ2v) is 13.9. The number of rotatable bonds is 5. The van der Waals surface area contributed by atoms with E-state index in [1.807, 2.05) is 24.3 Å². The molecule has 2 saturated carbocycles. The van der Waals surface area contributed by atoms with Crippen LogP contribution in [0.25, 0.3) is 0 Å². The summed E-state index contributed by atoms with van der Waals surface area (Å²) in [4.78, 5) is 13.2. The number of amides is 2. The van der Waals surface area contributed by atoms with E-state index >= 15 is 0 Å². The number of methoxy groups -OCH3 is 1. The lowest BCUT2D eigenvalue weighted by Gasteiger charge is -2.57. The maximum Gasteiger partial charge on any atom is 0.319 e. The Morgan fingerprint density at radius 1 is 1.05 bits per heavy atom. The van der Waals surface area contributed by atoms with Gasteiger partial charge < -0.3 is 25.6 Å². The monoisotopic (exact) mass is 575 g/mol. The number of aliphatic hydroxyl groups is 1. The molecule has 5 atom stereocenters. The smallest absolute Gasteiger partial charge is 0.319 e. The molecule has 9 nitrogen and oxygen atoms in total. The van der Waals surface area contributed by atoms with Gasteiger partial charge in [0.25, 0.3) is 0 Å². The summed E-state index contributed by atoms with van der Waals surface area (Å²) in [7, 11) is -2.38. The molecular weight excluding hydrogens is 542 g/mol. The summed E-state index contributed by atoms with van der Waals surface area (Å²) in [5.74, 6) is 0.285. The van der Waals surface area contributed by atoms with Gasteiger partial charge in [0.1, 0.15) is 0 Å².